The lowest BCUT2D eigenvalue weighted by Gasteiger charge is -2.17. The van der Waals surface area contributed by atoms with Crippen molar-refractivity contribution in [2.45, 2.75) is 12.3 Å². The molecule has 0 radical (unpaired) electrons. The molecule has 0 bridgehead atoms. The van der Waals surface area contributed by atoms with E-state index in [9.17, 15) is 18.0 Å². The van der Waals surface area contributed by atoms with Gasteiger partial charge in [0.25, 0.3) is 0 Å². The van der Waals surface area contributed by atoms with Crippen LogP contribution in [0.25, 0.3) is 0 Å². The van der Waals surface area contributed by atoms with Crippen molar-refractivity contribution in [1.29, 1.82) is 0 Å². The molecule has 0 amide bonds. The highest BCUT2D eigenvalue weighted by atomic mass is 19.4. The van der Waals surface area contributed by atoms with Crippen LogP contribution in [0, 0.1) is 0 Å². The van der Waals surface area contributed by atoms with E-state index < -0.39 is 31.4 Å². The van der Waals surface area contributed by atoms with Gasteiger partial charge in [-0.25, -0.2) is 4.79 Å². The first kappa shape index (κ1) is 11.2. The molecule has 0 heterocycles. The molecule has 72 valence electrons. The van der Waals surface area contributed by atoms with Crippen molar-refractivity contribution in [2.24, 2.45) is 5.73 Å². The number of alkyl halides is 3. The number of halogens is 3. The highest BCUT2D eigenvalue weighted by Gasteiger charge is 2.39. The number of hydrogen-bond donors (Lipinski definition) is 2. The number of ether oxygens (including phenoxy) is 1. The van der Waals surface area contributed by atoms with Crippen LogP contribution < -0.4 is 5.73 Å². The molecule has 7 heteroatoms. The molecule has 1 atom stereocenters. The number of hydrogen-bond acceptors (Lipinski definition) is 3. The van der Waals surface area contributed by atoms with E-state index in [1.165, 1.54) is 0 Å². The highest BCUT2D eigenvalue weighted by molar-refractivity contribution is 5.68. The number of carbonyl (C=O) groups is 1. The van der Waals surface area contributed by atoms with Crippen LogP contribution in [-0.2, 0) is 9.53 Å². The Labute approximate surface area is 66.1 Å². The minimum absolute atomic E-state index is 0.781. The largest absolute Gasteiger partial charge is 0.480 e. The summed E-state index contributed by atoms with van der Waals surface area (Å²) in [6, 6.07) is 0. The molecule has 0 aromatic rings. The Hall–Kier alpha value is -0.820. The molecular weight excluding hydrogens is 179 g/mol. The van der Waals surface area contributed by atoms with E-state index in [1.54, 1.807) is 0 Å². The zero-order valence-corrected chi connectivity index (χ0v) is 5.97. The predicted octanol–water partition coefficient (Wildman–Crippen LogP) is -0.0228. The maximum absolute atomic E-state index is 11.8. The van der Waals surface area contributed by atoms with Crippen LogP contribution in [0.3, 0.4) is 0 Å². The first-order valence-electron chi connectivity index (χ1n) is 2.98. The van der Waals surface area contributed by atoms with Gasteiger partial charge in [-0.1, -0.05) is 0 Å². The second-order valence-corrected chi connectivity index (χ2v) is 1.97. The summed E-state index contributed by atoms with van der Waals surface area (Å²) in [4.78, 5) is 9.81. The van der Waals surface area contributed by atoms with Crippen molar-refractivity contribution < 1.29 is 27.8 Å². The molecule has 0 saturated carbocycles. The van der Waals surface area contributed by atoms with Gasteiger partial charge in [-0.05, 0) is 0 Å². The van der Waals surface area contributed by atoms with Crippen LogP contribution in [0.15, 0.2) is 0 Å². The molecule has 4 nitrogen and oxygen atoms in total. The van der Waals surface area contributed by atoms with Crippen molar-refractivity contribution in [3.8, 4) is 0 Å². The van der Waals surface area contributed by atoms with Crippen molar-refractivity contribution in [2.75, 3.05) is 13.2 Å². The number of rotatable bonds is 4. The summed E-state index contributed by atoms with van der Waals surface area (Å²) >= 11 is 0. The third kappa shape index (κ3) is 4.14. The topological polar surface area (TPSA) is 72.5 Å². The Bertz CT molecular complexity index is 159. The summed E-state index contributed by atoms with van der Waals surface area (Å²) in [5.41, 5.74) is 4.71. The van der Waals surface area contributed by atoms with Crippen molar-refractivity contribution in [1.82, 2.24) is 0 Å². The first-order valence-corrected chi connectivity index (χ1v) is 2.98. The minimum Gasteiger partial charge on any atom is -0.480 e. The van der Waals surface area contributed by atoms with Gasteiger partial charge in [-0.15, -0.1) is 0 Å². The first-order chi connectivity index (χ1) is 5.38. The Morgan fingerprint density at radius 2 is 2.08 bits per heavy atom. The molecule has 0 aromatic carbocycles. The second kappa shape index (κ2) is 4.27. The molecule has 0 unspecified atom stereocenters. The number of carboxylic acids is 1. The summed E-state index contributed by atoms with van der Waals surface area (Å²) in [5, 5.41) is 7.99. The van der Waals surface area contributed by atoms with E-state index in [0.29, 0.717) is 0 Å². The Morgan fingerprint density at radius 1 is 1.58 bits per heavy atom. The third-order valence-electron chi connectivity index (χ3n) is 0.987. The summed E-state index contributed by atoms with van der Waals surface area (Å²) in [5.74, 6) is -1.46. The van der Waals surface area contributed by atoms with E-state index in [-0.39, 0.29) is 0 Å². The van der Waals surface area contributed by atoms with Gasteiger partial charge in [0.1, 0.15) is 6.61 Å². The summed E-state index contributed by atoms with van der Waals surface area (Å²) in [7, 11) is 0. The fraction of sp³-hybridized carbons (Fsp3) is 0.800. The molecule has 0 aliphatic carbocycles. The second-order valence-electron chi connectivity index (χ2n) is 1.97. The van der Waals surface area contributed by atoms with Gasteiger partial charge in [-0.3, -0.25) is 0 Å². The lowest BCUT2D eigenvalue weighted by atomic mass is 10.3. The predicted molar refractivity (Wildman–Crippen MR) is 32.5 cm³/mol. The molecule has 12 heavy (non-hydrogen) atoms. The van der Waals surface area contributed by atoms with Crippen LogP contribution in [0.4, 0.5) is 13.2 Å². The molecule has 0 aliphatic heterocycles. The smallest absolute Gasteiger partial charge is 0.415 e. The summed E-state index contributed by atoms with van der Waals surface area (Å²) in [6.45, 7) is -1.78. The average molecular weight is 187 g/mol. The fourth-order valence-corrected chi connectivity index (χ4v) is 0.468. The molecule has 0 saturated heterocycles. The van der Waals surface area contributed by atoms with Crippen molar-refractivity contribution in [3.05, 3.63) is 0 Å². The Balaban J connectivity index is 3.92. The molecule has 0 fully saturated rings. The zero-order chi connectivity index (χ0) is 9.78. The maximum Gasteiger partial charge on any atom is 0.415 e. The zero-order valence-electron chi connectivity index (χ0n) is 5.97. The van der Waals surface area contributed by atoms with E-state index in [1.807, 2.05) is 0 Å². The molecule has 3 N–H and O–H groups in total. The van der Waals surface area contributed by atoms with Crippen LogP contribution >= 0.6 is 0 Å². The third-order valence-corrected chi connectivity index (χ3v) is 0.987. The fourth-order valence-electron chi connectivity index (χ4n) is 0.468. The minimum atomic E-state index is -4.61. The van der Waals surface area contributed by atoms with E-state index in [2.05, 4.69) is 4.74 Å². The van der Waals surface area contributed by atoms with Crippen LogP contribution in [0.1, 0.15) is 0 Å². The van der Waals surface area contributed by atoms with E-state index >= 15 is 0 Å². The molecule has 0 aromatic heterocycles. The van der Waals surface area contributed by atoms with Crippen LogP contribution in [0.5, 0.6) is 0 Å². The highest BCUT2D eigenvalue weighted by Crippen LogP contribution is 2.21. The molecule has 0 rings (SSSR count). The van der Waals surface area contributed by atoms with Gasteiger partial charge in [0.05, 0.1) is 0 Å². The quantitative estimate of drug-likeness (QED) is 0.648. The van der Waals surface area contributed by atoms with E-state index in [4.69, 9.17) is 10.8 Å². The van der Waals surface area contributed by atoms with Crippen LogP contribution in [0.2, 0.25) is 0 Å². The van der Waals surface area contributed by atoms with Crippen molar-refractivity contribution in [3.63, 3.8) is 0 Å². The van der Waals surface area contributed by atoms with Gasteiger partial charge in [0.15, 0.2) is 6.10 Å². The van der Waals surface area contributed by atoms with Gasteiger partial charge in [0, 0.05) is 6.54 Å². The average Bonchev–Trinajstić information content (AvgIpc) is 1.85. The van der Waals surface area contributed by atoms with Gasteiger partial charge in [0.2, 0.25) is 0 Å². The van der Waals surface area contributed by atoms with Crippen molar-refractivity contribution >= 4 is 5.97 Å². The monoisotopic (exact) mass is 187 g/mol. The summed E-state index contributed by atoms with van der Waals surface area (Å²) in [6.07, 6.45) is -6.81. The number of aliphatic carboxylic acids is 1. The van der Waals surface area contributed by atoms with Gasteiger partial charge < -0.3 is 15.6 Å². The molecule has 0 spiro atoms. The number of nitrogens with two attached hydrogens (primary N) is 1. The molecule has 0 aliphatic rings. The summed E-state index contributed by atoms with van der Waals surface area (Å²) < 4.78 is 39.3. The number of carboxylic acid groups (broad SMARTS) is 1. The Kier molecular flexibility index (Phi) is 3.98. The maximum atomic E-state index is 11.8. The Morgan fingerprint density at radius 3 is 2.33 bits per heavy atom. The lowest BCUT2D eigenvalue weighted by Crippen LogP contribution is -2.39. The lowest BCUT2D eigenvalue weighted by molar-refractivity contribution is -0.218. The standard InChI is InChI=1S/C5H8F3NO3/c6-5(7,8)3(1-9)12-2-4(10)11/h3H,1-2,9H2,(H,10,11)/t3-/m1/s1. The van der Waals surface area contributed by atoms with Gasteiger partial charge >= 0.3 is 12.1 Å². The SMILES string of the molecule is NC[C@@H](OCC(=O)O)C(F)(F)F. The van der Waals surface area contributed by atoms with Crippen LogP contribution in [-0.4, -0.2) is 36.5 Å². The normalized spacial score (nSPS) is 14.3. The molecular formula is C5H8F3NO3. The van der Waals surface area contributed by atoms with Gasteiger partial charge in [-0.2, -0.15) is 13.2 Å². The van der Waals surface area contributed by atoms with E-state index in [0.717, 1.165) is 0 Å².